The molecule has 1 heterocycles. The summed E-state index contributed by atoms with van der Waals surface area (Å²) in [6.07, 6.45) is 5.36. The van der Waals surface area contributed by atoms with Gasteiger partial charge >= 0.3 is 0 Å². The van der Waals surface area contributed by atoms with Crippen LogP contribution in [0.2, 0.25) is 5.02 Å². The Morgan fingerprint density at radius 1 is 1.27 bits per heavy atom. The molecule has 0 radical (unpaired) electrons. The number of nitrogens with zero attached hydrogens (tertiary/aromatic N) is 2. The second-order valence-corrected chi connectivity index (χ2v) is 7.54. The van der Waals surface area contributed by atoms with Crippen molar-refractivity contribution in [2.45, 2.75) is 43.1 Å². The van der Waals surface area contributed by atoms with Crippen molar-refractivity contribution < 1.29 is 4.79 Å². The molecule has 5 nitrogen and oxygen atoms in total. The second kappa shape index (κ2) is 7.51. The van der Waals surface area contributed by atoms with Crippen molar-refractivity contribution in [3.8, 4) is 0 Å². The van der Waals surface area contributed by atoms with Crippen LogP contribution in [0.5, 0.6) is 0 Å². The van der Waals surface area contributed by atoms with Crippen LogP contribution in [0.25, 0.3) is 0 Å². The molecule has 2 aromatic rings. The lowest BCUT2D eigenvalue weighted by atomic mass is 9.61. The summed E-state index contributed by atoms with van der Waals surface area (Å²) < 4.78 is 0. The molecule has 0 atom stereocenters. The Morgan fingerprint density at radius 3 is 2.58 bits per heavy atom. The maximum absolute atomic E-state index is 12.6. The quantitative estimate of drug-likeness (QED) is 0.818. The first-order chi connectivity index (χ1) is 12.1. The van der Waals surface area contributed by atoms with Gasteiger partial charge in [-0.3, -0.25) is 4.79 Å². The smallest absolute Gasteiger partial charge is 0.271 e. The van der Waals surface area contributed by atoms with Crippen molar-refractivity contribution in [2.75, 3.05) is 6.54 Å². The highest BCUT2D eigenvalue weighted by molar-refractivity contribution is 6.33. The number of nitrogens with two attached hydrogens (primary N) is 1. The van der Waals surface area contributed by atoms with Gasteiger partial charge in [0.2, 0.25) is 0 Å². The normalized spacial score (nSPS) is 24.3. The monoisotopic (exact) mass is 392 g/mol. The Hall–Kier alpha value is -1.69. The van der Waals surface area contributed by atoms with Crippen molar-refractivity contribution in [2.24, 2.45) is 5.73 Å². The molecule has 1 aromatic heterocycles. The van der Waals surface area contributed by atoms with Gasteiger partial charge in [-0.15, -0.1) is 12.4 Å². The van der Waals surface area contributed by atoms with Crippen LogP contribution in [0.3, 0.4) is 0 Å². The highest BCUT2D eigenvalue weighted by Gasteiger charge is 2.45. The van der Waals surface area contributed by atoms with Gasteiger partial charge in [0.15, 0.2) is 0 Å². The number of hydrogen-bond donors (Lipinski definition) is 2. The number of benzene rings is 1. The number of hydrogen-bond acceptors (Lipinski definition) is 4. The molecule has 138 valence electrons. The van der Waals surface area contributed by atoms with Crippen molar-refractivity contribution in [3.05, 3.63) is 58.6 Å². The molecule has 0 aliphatic heterocycles. The molecule has 7 heteroatoms. The van der Waals surface area contributed by atoms with Crippen LogP contribution in [-0.4, -0.2) is 28.5 Å². The van der Waals surface area contributed by atoms with Crippen LogP contribution in [-0.2, 0) is 5.41 Å². The van der Waals surface area contributed by atoms with Gasteiger partial charge in [-0.25, -0.2) is 9.97 Å². The fourth-order valence-electron chi connectivity index (χ4n) is 3.63. The van der Waals surface area contributed by atoms with Crippen LogP contribution in [0.15, 0.2) is 36.5 Å². The third-order valence-corrected chi connectivity index (χ3v) is 5.58. The Bertz CT molecular complexity index is 789. The van der Waals surface area contributed by atoms with Gasteiger partial charge in [-0.05, 0) is 31.2 Å². The molecule has 0 saturated heterocycles. The fraction of sp³-hybridized carbons (Fsp3) is 0.421. The number of nitrogens with one attached hydrogen (secondary N) is 1. The lowest BCUT2D eigenvalue weighted by Gasteiger charge is -2.47. The number of aromatic nitrogens is 2. The van der Waals surface area contributed by atoms with Crippen molar-refractivity contribution in [1.82, 2.24) is 15.3 Å². The Kier molecular flexibility index (Phi) is 5.51. The first-order valence-corrected chi connectivity index (χ1v) is 9.08. The molecule has 3 N–H and O–H groups in total. The average Bonchev–Trinajstić information content (AvgIpc) is 3.44. The van der Waals surface area contributed by atoms with Crippen molar-refractivity contribution in [3.63, 3.8) is 0 Å². The maximum Gasteiger partial charge on any atom is 0.271 e. The van der Waals surface area contributed by atoms with Gasteiger partial charge in [0, 0.05) is 23.9 Å². The van der Waals surface area contributed by atoms with Gasteiger partial charge in [0.05, 0.1) is 11.2 Å². The van der Waals surface area contributed by atoms with Crippen LogP contribution in [0.4, 0.5) is 0 Å². The first kappa shape index (κ1) is 19.1. The molecular weight excluding hydrogens is 371 g/mol. The summed E-state index contributed by atoms with van der Waals surface area (Å²) >= 11 is 6.13. The molecule has 2 aliphatic rings. The lowest BCUT2D eigenvalue weighted by molar-refractivity contribution is 0.0861. The molecular formula is C19H22Cl2N4O. The summed E-state index contributed by atoms with van der Waals surface area (Å²) in [4.78, 5) is 21.2. The summed E-state index contributed by atoms with van der Waals surface area (Å²) in [6, 6.07) is 10.4. The molecule has 2 saturated carbocycles. The molecule has 0 unspecified atom stereocenters. The molecule has 4 rings (SSSR count). The molecule has 0 bridgehead atoms. The van der Waals surface area contributed by atoms with Gasteiger partial charge < -0.3 is 11.1 Å². The maximum atomic E-state index is 12.6. The molecule has 26 heavy (non-hydrogen) atoms. The molecule has 1 aromatic carbocycles. The van der Waals surface area contributed by atoms with E-state index in [0.29, 0.717) is 17.5 Å². The van der Waals surface area contributed by atoms with Crippen molar-refractivity contribution >= 4 is 29.9 Å². The molecule has 0 spiro atoms. The summed E-state index contributed by atoms with van der Waals surface area (Å²) in [5, 5.41) is 3.35. The zero-order chi connectivity index (χ0) is 17.4. The van der Waals surface area contributed by atoms with Crippen LogP contribution in [0, 0.1) is 0 Å². The zero-order valence-corrected chi connectivity index (χ0v) is 15.9. The van der Waals surface area contributed by atoms with Gasteiger partial charge in [-0.2, -0.15) is 0 Å². The van der Waals surface area contributed by atoms with Crippen molar-refractivity contribution in [1.29, 1.82) is 0 Å². The van der Waals surface area contributed by atoms with E-state index in [9.17, 15) is 4.79 Å². The van der Waals surface area contributed by atoms with Gasteiger partial charge in [0.1, 0.15) is 11.5 Å². The van der Waals surface area contributed by atoms with Crippen LogP contribution < -0.4 is 11.1 Å². The second-order valence-electron chi connectivity index (χ2n) is 7.13. The summed E-state index contributed by atoms with van der Waals surface area (Å²) in [5.41, 5.74) is 7.50. The zero-order valence-electron chi connectivity index (χ0n) is 14.3. The summed E-state index contributed by atoms with van der Waals surface area (Å²) in [5.74, 6) is 0.886. The Balaban J connectivity index is 0.00000196. The topological polar surface area (TPSA) is 80.9 Å². The molecule has 2 fully saturated rings. The Labute approximate surface area is 164 Å². The summed E-state index contributed by atoms with van der Waals surface area (Å²) in [7, 11) is 0. The van der Waals surface area contributed by atoms with E-state index >= 15 is 0 Å². The average molecular weight is 393 g/mol. The largest absolute Gasteiger partial charge is 0.348 e. The van der Waals surface area contributed by atoms with E-state index in [4.69, 9.17) is 17.3 Å². The minimum absolute atomic E-state index is 0. The molecule has 2 aliphatic carbocycles. The fourth-order valence-corrected chi connectivity index (χ4v) is 3.81. The lowest BCUT2D eigenvalue weighted by Crippen LogP contribution is -2.56. The van der Waals surface area contributed by atoms with E-state index in [1.807, 2.05) is 18.2 Å². The van der Waals surface area contributed by atoms with E-state index < -0.39 is 0 Å². The number of carbonyl (C=O) groups excluding carboxylic acids is 1. The number of halogens is 2. The minimum atomic E-state index is -0.224. The van der Waals surface area contributed by atoms with E-state index in [1.165, 1.54) is 11.8 Å². The summed E-state index contributed by atoms with van der Waals surface area (Å²) in [6.45, 7) is 0.573. The molecule has 1 amide bonds. The standard InChI is InChI=1S/C19H21ClN4O.ClH/c20-15-10-22-17(12-6-7-12)24-16(15)18(25)23-14-8-19(9-14,11-21)13-4-2-1-3-5-13;/h1-5,10,12,14H,6-9,11,21H2,(H,23,25);1H. The number of carbonyl (C=O) groups is 1. The van der Waals surface area contributed by atoms with Gasteiger partial charge in [0.25, 0.3) is 5.91 Å². The SMILES string of the molecule is Cl.NCC1(c2ccccc2)CC(NC(=O)c2nc(C3CC3)ncc2Cl)C1. The van der Waals surface area contributed by atoms with Crippen LogP contribution >= 0.6 is 24.0 Å². The third kappa shape index (κ3) is 3.56. The predicted octanol–water partition coefficient (Wildman–Crippen LogP) is 3.22. The highest BCUT2D eigenvalue weighted by atomic mass is 35.5. The number of rotatable bonds is 5. The first-order valence-electron chi connectivity index (χ1n) is 8.70. The van der Waals surface area contributed by atoms with E-state index in [-0.39, 0.29) is 35.5 Å². The van der Waals surface area contributed by atoms with Crippen LogP contribution in [0.1, 0.15) is 53.5 Å². The van der Waals surface area contributed by atoms with E-state index in [0.717, 1.165) is 31.5 Å². The third-order valence-electron chi connectivity index (χ3n) is 5.31. The highest BCUT2D eigenvalue weighted by Crippen LogP contribution is 2.43. The van der Waals surface area contributed by atoms with Gasteiger partial charge in [-0.1, -0.05) is 41.9 Å². The Morgan fingerprint density at radius 2 is 1.96 bits per heavy atom. The minimum Gasteiger partial charge on any atom is -0.348 e. The predicted molar refractivity (Wildman–Crippen MR) is 104 cm³/mol. The van der Waals surface area contributed by atoms with E-state index in [1.54, 1.807) is 0 Å². The van der Waals surface area contributed by atoms with E-state index in [2.05, 4.69) is 27.4 Å². The number of amides is 1.